The number of benzene rings is 3. The fraction of sp³-hybridized carbons (Fsp3) is 0.194. The van der Waals surface area contributed by atoms with Crippen molar-refractivity contribution >= 4 is 17.0 Å². The molecule has 5 aromatic rings. The van der Waals surface area contributed by atoms with Crippen LogP contribution in [0.15, 0.2) is 110 Å². The number of ether oxygens (including phenoxy) is 2. The van der Waals surface area contributed by atoms with Crippen LogP contribution in [0, 0.1) is 0 Å². The van der Waals surface area contributed by atoms with Crippen LogP contribution in [0.5, 0.6) is 5.75 Å². The van der Waals surface area contributed by atoms with Crippen LogP contribution in [0.25, 0.3) is 11.2 Å². The summed E-state index contributed by atoms with van der Waals surface area (Å²) in [5.41, 5.74) is 0.593. The summed E-state index contributed by atoms with van der Waals surface area (Å²) in [6.45, 7) is 4.92. The highest BCUT2D eigenvalue weighted by atomic mass is 19.1. The van der Waals surface area contributed by atoms with Crippen LogP contribution >= 0.6 is 0 Å². The average molecular weight is 538 g/mol. The van der Waals surface area contributed by atoms with Gasteiger partial charge in [0, 0.05) is 0 Å². The van der Waals surface area contributed by atoms with Gasteiger partial charge in [0.2, 0.25) is 6.23 Å². The van der Waals surface area contributed by atoms with E-state index >= 15 is 4.39 Å². The number of aromatic nitrogens is 4. The van der Waals surface area contributed by atoms with Crippen LogP contribution in [0.4, 0.5) is 10.2 Å². The maximum absolute atomic E-state index is 15.6. The normalized spacial score (nSPS) is 20.9. The van der Waals surface area contributed by atoms with Crippen molar-refractivity contribution in [1.82, 2.24) is 19.5 Å². The number of rotatable bonds is 7. The van der Waals surface area contributed by atoms with Crippen molar-refractivity contribution in [1.29, 1.82) is 0 Å². The maximum Gasteiger partial charge on any atom is 0.215 e. The molecule has 1 fully saturated rings. The molecule has 202 valence electrons. The average Bonchev–Trinajstić information content (AvgIpc) is 3.51. The van der Waals surface area contributed by atoms with Crippen LogP contribution in [0.3, 0.4) is 0 Å². The molecule has 1 saturated heterocycles. The molecular formula is C31H28FN5O3. The van der Waals surface area contributed by atoms with Crippen molar-refractivity contribution in [2.24, 2.45) is 0 Å². The third kappa shape index (κ3) is 3.97. The number of hydrogen-bond donors (Lipinski definition) is 2. The minimum Gasteiger partial charge on any atom is -0.497 e. The highest BCUT2D eigenvalue weighted by Gasteiger charge is 2.53. The first kappa shape index (κ1) is 25.5. The molecule has 8 nitrogen and oxygen atoms in total. The summed E-state index contributed by atoms with van der Waals surface area (Å²) in [6.07, 6.45) is 0.164. The molecule has 0 unspecified atom stereocenters. The van der Waals surface area contributed by atoms with Crippen molar-refractivity contribution in [3.05, 3.63) is 127 Å². The molecule has 6 rings (SSSR count). The Bertz CT molecular complexity index is 1620. The van der Waals surface area contributed by atoms with Gasteiger partial charge in [-0.15, -0.1) is 0 Å². The number of anilines is 1. The molecule has 3 heterocycles. The lowest BCUT2D eigenvalue weighted by molar-refractivity contribution is -0.0308. The van der Waals surface area contributed by atoms with Crippen molar-refractivity contribution in [2.75, 3.05) is 12.4 Å². The van der Waals surface area contributed by atoms with Gasteiger partial charge < -0.3 is 19.9 Å². The number of nitrogens with zero attached hydrogens (tertiary/aromatic N) is 4. The van der Waals surface area contributed by atoms with Gasteiger partial charge in [0.1, 0.15) is 35.8 Å². The molecule has 0 radical (unpaired) electrons. The summed E-state index contributed by atoms with van der Waals surface area (Å²) in [6, 6.07) is 27.9. The third-order valence-corrected chi connectivity index (χ3v) is 7.44. The van der Waals surface area contributed by atoms with Gasteiger partial charge in [-0.2, -0.15) is 0 Å². The Morgan fingerprint density at radius 3 is 2.10 bits per heavy atom. The number of aliphatic hydroxyl groups excluding tert-OH is 1. The lowest BCUT2D eigenvalue weighted by Crippen LogP contribution is -2.38. The fourth-order valence-electron chi connectivity index (χ4n) is 5.33. The van der Waals surface area contributed by atoms with Gasteiger partial charge in [-0.3, -0.25) is 4.57 Å². The third-order valence-electron chi connectivity index (χ3n) is 7.44. The smallest absolute Gasteiger partial charge is 0.215 e. The summed E-state index contributed by atoms with van der Waals surface area (Å²) in [5, 5.41) is 14.0. The first-order valence-electron chi connectivity index (χ1n) is 12.8. The Kier molecular flexibility index (Phi) is 6.23. The first-order chi connectivity index (χ1) is 19.4. The molecule has 3 atom stereocenters. The number of halogens is 1. The Labute approximate surface area is 230 Å². The lowest BCUT2D eigenvalue weighted by Gasteiger charge is -2.37. The van der Waals surface area contributed by atoms with Gasteiger partial charge in [-0.05, 0) is 35.7 Å². The number of aliphatic hydroxyl groups is 1. The van der Waals surface area contributed by atoms with E-state index in [0.29, 0.717) is 17.0 Å². The molecule has 1 aliphatic heterocycles. The van der Waals surface area contributed by atoms with Crippen molar-refractivity contribution in [3.63, 3.8) is 0 Å². The largest absolute Gasteiger partial charge is 0.497 e. The molecule has 2 aromatic heterocycles. The summed E-state index contributed by atoms with van der Waals surface area (Å²) >= 11 is 0. The predicted octanol–water partition coefficient (Wildman–Crippen LogP) is 5.37. The fourth-order valence-corrected chi connectivity index (χ4v) is 5.33. The molecule has 0 spiro atoms. The number of fused-ring (bicyclic) bond motifs is 1. The molecule has 40 heavy (non-hydrogen) atoms. The summed E-state index contributed by atoms with van der Waals surface area (Å²) in [5.74, 6) is 1.12. The Morgan fingerprint density at radius 1 is 0.950 bits per heavy atom. The molecule has 0 saturated carbocycles. The summed E-state index contributed by atoms with van der Waals surface area (Å²) in [4.78, 5) is 13.6. The van der Waals surface area contributed by atoms with Gasteiger partial charge in [0.25, 0.3) is 0 Å². The Balaban J connectivity index is 1.55. The summed E-state index contributed by atoms with van der Waals surface area (Å²) in [7, 11) is 1.63. The second kappa shape index (κ2) is 9.77. The summed E-state index contributed by atoms with van der Waals surface area (Å²) < 4.78 is 28.1. The van der Waals surface area contributed by atoms with Crippen molar-refractivity contribution in [3.8, 4) is 5.75 Å². The predicted molar refractivity (Wildman–Crippen MR) is 149 cm³/mol. The second-order valence-electron chi connectivity index (χ2n) is 9.87. The van der Waals surface area contributed by atoms with Gasteiger partial charge >= 0.3 is 0 Å². The maximum atomic E-state index is 15.6. The van der Waals surface area contributed by atoms with Gasteiger partial charge in [0.15, 0.2) is 22.7 Å². The van der Waals surface area contributed by atoms with Gasteiger partial charge in [0.05, 0.1) is 7.11 Å². The van der Waals surface area contributed by atoms with E-state index in [4.69, 9.17) is 9.47 Å². The van der Waals surface area contributed by atoms with Gasteiger partial charge in [-0.25, -0.2) is 19.3 Å². The molecule has 2 N–H and O–H groups in total. The van der Waals surface area contributed by atoms with E-state index in [2.05, 4.69) is 51.1 Å². The van der Waals surface area contributed by atoms with Crippen molar-refractivity contribution < 1.29 is 19.0 Å². The molecule has 0 amide bonds. The van der Waals surface area contributed by atoms with Crippen LogP contribution in [0.1, 0.15) is 29.8 Å². The Morgan fingerprint density at radius 2 is 1.55 bits per heavy atom. The standard InChI is InChI=1S/C31H28FN5O3/c1-20-26(38)30(2,32)29(40-20)37-19-35-25-27(33-18-34-28(25)37)36-31(21-10-6-4-7-11-21,22-12-8-5-9-13-22)23-14-16-24(39-3)17-15-23/h4-19,26,29,38H,1H2,2-3H3,(H,33,34,36)/t26-,29-,30-/m1/s1. The highest BCUT2D eigenvalue weighted by molar-refractivity contribution is 5.84. The van der Waals surface area contributed by atoms with Crippen molar-refractivity contribution in [2.45, 2.75) is 30.5 Å². The van der Waals surface area contributed by atoms with Crippen LogP contribution in [-0.4, -0.2) is 43.5 Å². The highest BCUT2D eigenvalue weighted by Crippen LogP contribution is 2.45. The van der Waals surface area contributed by atoms with E-state index < -0.39 is 23.5 Å². The van der Waals surface area contributed by atoms with E-state index in [9.17, 15) is 5.11 Å². The van der Waals surface area contributed by atoms with Crippen LogP contribution in [0.2, 0.25) is 0 Å². The number of methoxy groups -OCH3 is 1. The molecule has 3 aromatic carbocycles. The van der Waals surface area contributed by atoms with E-state index in [1.165, 1.54) is 24.1 Å². The number of hydrogen-bond acceptors (Lipinski definition) is 7. The second-order valence-corrected chi connectivity index (χ2v) is 9.87. The zero-order chi connectivity index (χ0) is 27.9. The van der Waals surface area contributed by atoms with Crippen LogP contribution < -0.4 is 10.1 Å². The van der Waals surface area contributed by atoms with E-state index in [0.717, 1.165) is 22.4 Å². The van der Waals surface area contributed by atoms with Gasteiger partial charge in [-0.1, -0.05) is 79.4 Å². The zero-order valence-electron chi connectivity index (χ0n) is 22.0. The van der Waals surface area contributed by atoms with E-state index in [1.807, 2.05) is 60.7 Å². The van der Waals surface area contributed by atoms with E-state index in [1.54, 1.807) is 7.11 Å². The number of imidazole rings is 1. The number of alkyl halides is 1. The molecule has 0 aliphatic carbocycles. The first-order valence-corrected chi connectivity index (χ1v) is 12.8. The minimum atomic E-state index is -2.13. The van der Waals surface area contributed by atoms with E-state index in [-0.39, 0.29) is 5.76 Å². The topological polar surface area (TPSA) is 94.3 Å². The van der Waals surface area contributed by atoms with Crippen LogP contribution in [-0.2, 0) is 10.3 Å². The minimum absolute atomic E-state index is 0.0454. The zero-order valence-corrected chi connectivity index (χ0v) is 22.0. The number of nitrogens with one attached hydrogen (secondary N) is 1. The monoisotopic (exact) mass is 537 g/mol. The molecule has 1 aliphatic rings. The lowest BCUT2D eigenvalue weighted by atomic mass is 9.77. The molecule has 9 heteroatoms. The Hall–Kier alpha value is -4.76. The molecular weight excluding hydrogens is 509 g/mol. The quantitative estimate of drug-likeness (QED) is 0.270. The molecule has 0 bridgehead atoms. The SMILES string of the molecule is C=C1O[C@@H](n2cnc3c(NC(c4ccccc4)(c4ccccc4)c4ccc(OC)cc4)ncnc32)[C@](C)(F)[C@@H]1O.